The molecular formula is C19H22O2S2. The van der Waals surface area contributed by atoms with E-state index >= 15 is 0 Å². The Balaban J connectivity index is 1.89. The van der Waals surface area contributed by atoms with Crippen LogP contribution in [0.4, 0.5) is 0 Å². The molecule has 4 heteroatoms. The Morgan fingerprint density at radius 3 is 1.91 bits per heavy atom. The van der Waals surface area contributed by atoms with E-state index in [0.717, 1.165) is 19.3 Å². The van der Waals surface area contributed by atoms with Gasteiger partial charge in [-0.1, -0.05) is 42.8 Å². The number of methoxy groups -OCH3 is 1. The molecule has 0 atom stereocenters. The van der Waals surface area contributed by atoms with E-state index in [4.69, 9.17) is 4.74 Å². The van der Waals surface area contributed by atoms with E-state index < -0.39 is 0 Å². The summed E-state index contributed by atoms with van der Waals surface area (Å²) in [5, 5.41) is 0. The fraction of sp³-hybridized carbons (Fsp3) is 0.316. The zero-order valence-electron chi connectivity index (χ0n) is 13.3. The smallest absolute Gasteiger partial charge is 0.305 e. The van der Waals surface area contributed by atoms with Crippen molar-refractivity contribution < 1.29 is 9.53 Å². The van der Waals surface area contributed by atoms with Crippen LogP contribution in [-0.2, 0) is 9.53 Å². The maximum absolute atomic E-state index is 11.2. The Labute approximate surface area is 147 Å². The number of carbonyl (C=O) groups is 1. The van der Waals surface area contributed by atoms with Gasteiger partial charge in [-0.3, -0.25) is 4.79 Å². The maximum Gasteiger partial charge on any atom is 0.305 e. The summed E-state index contributed by atoms with van der Waals surface area (Å²) in [6.07, 6.45) is 3.48. The molecule has 2 rings (SSSR count). The Hall–Kier alpha value is -1.39. The molecular weight excluding hydrogens is 324 g/mol. The molecule has 0 bridgehead atoms. The molecule has 2 nitrogen and oxygen atoms in total. The summed E-state index contributed by atoms with van der Waals surface area (Å²) in [4.78, 5) is 13.8. The van der Waals surface area contributed by atoms with Crippen molar-refractivity contribution in [2.45, 2.75) is 40.1 Å². The fourth-order valence-electron chi connectivity index (χ4n) is 2.13. The van der Waals surface area contributed by atoms with Gasteiger partial charge in [0.1, 0.15) is 0 Å². The van der Waals surface area contributed by atoms with Crippen LogP contribution in [0.2, 0.25) is 0 Å². The first-order valence-corrected chi connectivity index (χ1v) is 9.54. The van der Waals surface area contributed by atoms with Gasteiger partial charge in [-0.15, -0.1) is 23.5 Å². The number of hydrogen-bond donors (Lipinski definition) is 0. The quantitative estimate of drug-likeness (QED) is 0.254. The lowest BCUT2D eigenvalue weighted by molar-refractivity contribution is -0.140. The van der Waals surface area contributed by atoms with E-state index in [1.54, 1.807) is 0 Å². The molecule has 0 aromatic heterocycles. The Bertz CT molecular complexity index is 531. The van der Waals surface area contributed by atoms with Crippen molar-refractivity contribution in [1.29, 1.82) is 0 Å². The fourth-order valence-corrected chi connectivity index (χ4v) is 4.79. The summed E-state index contributed by atoms with van der Waals surface area (Å²) >= 11 is 3.79. The van der Waals surface area contributed by atoms with Gasteiger partial charge in [-0.25, -0.2) is 0 Å². The highest BCUT2D eigenvalue weighted by Crippen LogP contribution is 2.38. The predicted molar refractivity (Wildman–Crippen MR) is 98.9 cm³/mol. The molecule has 23 heavy (non-hydrogen) atoms. The minimum Gasteiger partial charge on any atom is -0.469 e. The highest BCUT2D eigenvalue weighted by molar-refractivity contribution is 8.17. The molecule has 0 spiro atoms. The predicted octanol–water partition coefficient (Wildman–Crippen LogP) is 5.63. The van der Waals surface area contributed by atoms with Crippen molar-refractivity contribution in [2.24, 2.45) is 0 Å². The first-order chi connectivity index (χ1) is 11.3. The van der Waals surface area contributed by atoms with Gasteiger partial charge in [-0.2, -0.15) is 0 Å². The Morgan fingerprint density at radius 2 is 1.43 bits per heavy atom. The molecule has 0 aliphatic carbocycles. The van der Waals surface area contributed by atoms with E-state index in [0.29, 0.717) is 11.0 Å². The molecule has 122 valence electrons. The van der Waals surface area contributed by atoms with Crippen molar-refractivity contribution in [3.8, 4) is 0 Å². The number of esters is 1. The number of unbranched alkanes of at least 4 members (excludes halogenated alkanes) is 1. The van der Waals surface area contributed by atoms with E-state index in [9.17, 15) is 4.79 Å². The second-order valence-electron chi connectivity index (χ2n) is 5.11. The summed E-state index contributed by atoms with van der Waals surface area (Å²) in [5.41, 5.74) is 0. The minimum atomic E-state index is -0.118. The third-order valence-electron chi connectivity index (χ3n) is 3.32. The molecule has 2 aromatic carbocycles. The number of rotatable bonds is 9. The van der Waals surface area contributed by atoms with Crippen molar-refractivity contribution in [2.75, 3.05) is 7.11 Å². The van der Waals surface area contributed by atoms with Crippen LogP contribution in [0.3, 0.4) is 0 Å². The average Bonchev–Trinajstić information content (AvgIpc) is 2.60. The molecule has 0 unspecified atom stereocenters. The molecule has 0 radical (unpaired) electrons. The summed E-state index contributed by atoms with van der Waals surface area (Å²) in [7, 11) is 1.45. The molecule has 0 aliphatic heterocycles. The normalized spacial score (nSPS) is 10.7. The van der Waals surface area contributed by atoms with Gasteiger partial charge in [0, 0.05) is 16.2 Å². The standard InChI is InChI=1S/C19H22O2S2/c1-21-18(20)14-8-9-15-19(22-16-10-4-2-5-11-16)23-17-12-6-3-7-13-17/h2-7,10-13,19H,8-9,14-15H2,1H3. The number of ether oxygens (including phenoxy) is 1. The van der Waals surface area contributed by atoms with Crippen LogP contribution in [0.25, 0.3) is 0 Å². The largest absolute Gasteiger partial charge is 0.469 e. The zero-order chi connectivity index (χ0) is 16.3. The first kappa shape index (κ1) is 18.0. The molecule has 0 aliphatic rings. The molecule has 0 N–H and O–H groups in total. The van der Waals surface area contributed by atoms with Crippen LogP contribution in [-0.4, -0.2) is 17.7 Å². The van der Waals surface area contributed by atoms with Gasteiger partial charge in [0.25, 0.3) is 0 Å². The summed E-state index contributed by atoms with van der Waals surface area (Å²) < 4.78 is 5.14. The Morgan fingerprint density at radius 1 is 0.913 bits per heavy atom. The number of carbonyl (C=O) groups excluding carboxylic acids is 1. The summed E-state index contributed by atoms with van der Waals surface area (Å²) in [6.45, 7) is 0. The first-order valence-electron chi connectivity index (χ1n) is 7.78. The van der Waals surface area contributed by atoms with Gasteiger partial charge in [0.05, 0.1) is 11.7 Å². The summed E-state index contributed by atoms with van der Waals surface area (Å²) in [5.74, 6) is -0.118. The van der Waals surface area contributed by atoms with Gasteiger partial charge < -0.3 is 4.74 Å². The lowest BCUT2D eigenvalue weighted by Gasteiger charge is -2.16. The molecule has 0 heterocycles. The van der Waals surface area contributed by atoms with Crippen molar-refractivity contribution in [3.63, 3.8) is 0 Å². The van der Waals surface area contributed by atoms with Crippen LogP contribution in [0.15, 0.2) is 70.5 Å². The molecule has 0 fully saturated rings. The molecule has 2 aromatic rings. The van der Waals surface area contributed by atoms with Gasteiger partial charge >= 0.3 is 5.97 Å². The lowest BCUT2D eigenvalue weighted by Crippen LogP contribution is -2.01. The van der Waals surface area contributed by atoms with Crippen LogP contribution >= 0.6 is 23.5 Å². The topological polar surface area (TPSA) is 26.3 Å². The monoisotopic (exact) mass is 346 g/mol. The number of thioether (sulfide) groups is 2. The third kappa shape index (κ3) is 7.14. The van der Waals surface area contributed by atoms with Crippen LogP contribution in [0.5, 0.6) is 0 Å². The number of hydrogen-bond acceptors (Lipinski definition) is 4. The second-order valence-corrected chi connectivity index (χ2v) is 7.96. The van der Waals surface area contributed by atoms with E-state index in [1.165, 1.54) is 16.9 Å². The van der Waals surface area contributed by atoms with Crippen molar-refractivity contribution >= 4 is 29.5 Å². The lowest BCUT2D eigenvalue weighted by atomic mass is 10.2. The van der Waals surface area contributed by atoms with E-state index in [1.807, 2.05) is 35.7 Å². The van der Waals surface area contributed by atoms with Crippen molar-refractivity contribution in [1.82, 2.24) is 0 Å². The third-order valence-corrected chi connectivity index (χ3v) is 5.98. The maximum atomic E-state index is 11.2. The van der Waals surface area contributed by atoms with E-state index in [2.05, 4.69) is 48.5 Å². The van der Waals surface area contributed by atoms with Crippen LogP contribution in [0, 0.1) is 0 Å². The molecule has 0 saturated carbocycles. The SMILES string of the molecule is COC(=O)CCCCC(Sc1ccccc1)Sc1ccccc1. The summed E-state index contributed by atoms with van der Waals surface area (Å²) in [6, 6.07) is 21.0. The minimum absolute atomic E-state index is 0.118. The van der Waals surface area contributed by atoms with Gasteiger partial charge in [0.2, 0.25) is 0 Å². The molecule has 0 amide bonds. The van der Waals surface area contributed by atoms with Crippen molar-refractivity contribution in [3.05, 3.63) is 60.7 Å². The zero-order valence-corrected chi connectivity index (χ0v) is 14.9. The van der Waals surface area contributed by atoms with Crippen LogP contribution in [0.1, 0.15) is 25.7 Å². The average molecular weight is 347 g/mol. The van der Waals surface area contributed by atoms with Gasteiger partial charge in [-0.05, 0) is 37.1 Å². The Kier molecular flexibility index (Phi) is 8.12. The number of benzene rings is 2. The van der Waals surface area contributed by atoms with Gasteiger partial charge in [0.15, 0.2) is 0 Å². The highest BCUT2D eigenvalue weighted by atomic mass is 32.2. The van der Waals surface area contributed by atoms with E-state index in [-0.39, 0.29) is 5.97 Å². The highest BCUT2D eigenvalue weighted by Gasteiger charge is 2.13. The second kappa shape index (κ2) is 10.4. The molecule has 0 saturated heterocycles. The van der Waals surface area contributed by atoms with Crippen LogP contribution < -0.4 is 0 Å².